The van der Waals surface area contributed by atoms with Gasteiger partial charge in [-0.1, -0.05) is 13.0 Å². The second-order valence-electron chi connectivity index (χ2n) is 6.13. The lowest BCUT2D eigenvalue weighted by molar-refractivity contribution is -0.140. The molecule has 2 fully saturated rings. The Morgan fingerprint density at radius 3 is 2.59 bits per heavy atom. The van der Waals surface area contributed by atoms with Crippen LogP contribution in [0.25, 0.3) is 0 Å². The quantitative estimate of drug-likeness (QED) is 0.676. The maximum Gasteiger partial charge on any atom is 0.242 e. The Hall–Kier alpha value is -1.40. The molecule has 6 heteroatoms. The fraction of sp³-hybridized carbons (Fsp3) is 0.750. The number of carbonyl (C=O) groups excluding carboxylic acids is 2. The normalized spacial score (nSPS) is 26.0. The van der Waals surface area contributed by atoms with E-state index in [9.17, 15) is 9.59 Å². The zero-order valence-corrected chi connectivity index (χ0v) is 13.6. The van der Waals surface area contributed by atoms with Gasteiger partial charge in [-0.05, 0) is 25.8 Å². The predicted octanol–water partition coefficient (Wildman–Crippen LogP) is -0.0350. The van der Waals surface area contributed by atoms with E-state index in [-0.39, 0.29) is 17.4 Å². The van der Waals surface area contributed by atoms with Gasteiger partial charge in [0, 0.05) is 32.7 Å². The third kappa shape index (κ3) is 3.87. The van der Waals surface area contributed by atoms with Gasteiger partial charge in [-0.3, -0.25) is 14.5 Å². The molecule has 0 spiro atoms. The van der Waals surface area contributed by atoms with E-state index in [2.05, 4.69) is 29.0 Å². The van der Waals surface area contributed by atoms with Crippen LogP contribution in [-0.2, 0) is 9.59 Å². The Balaban J connectivity index is 1.80. The molecule has 0 aromatic carbocycles. The summed E-state index contributed by atoms with van der Waals surface area (Å²) in [6, 6.07) is 0. The molecule has 0 bridgehead atoms. The first-order valence-electron chi connectivity index (χ1n) is 8.25. The summed E-state index contributed by atoms with van der Waals surface area (Å²) in [4.78, 5) is 28.5. The molecular weight excluding hydrogens is 280 g/mol. The summed E-state index contributed by atoms with van der Waals surface area (Å²) in [5.41, 5.74) is -0.344. The number of hydrogen-bond donors (Lipinski definition) is 2. The first kappa shape index (κ1) is 17.0. The van der Waals surface area contributed by atoms with E-state index in [4.69, 9.17) is 0 Å². The Morgan fingerprint density at radius 2 is 2.05 bits per heavy atom. The number of carbonyl (C=O) groups is 2. The Labute approximate surface area is 132 Å². The largest absolute Gasteiger partial charge is 0.352 e. The first-order chi connectivity index (χ1) is 10.6. The molecule has 0 aliphatic carbocycles. The highest BCUT2D eigenvalue weighted by atomic mass is 16.2. The zero-order valence-electron chi connectivity index (χ0n) is 13.6. The van der Waals surface area contributed by atoms with Crippen molar-refractivity contribution in [3.8, 4) is 0 Å². The van der Waals surface area contributed by atoms with Gasteiger partial charge >= 0.3 is 0 Å². The van der Waals surface area contributed by atoms with Crippen LogP contribution in [0.2, 0.25) is 0 Å². The molecule has 2 rings (SSSR count). The molecule has 0 aromatic rings. The minimum Gasteiger partial charge on any atom is -0.352 e. The minimum atomic E-state index is -0.344. The molecule has 2 aliphatic heterocycles. The number of rotatable bonds is 6. The van der Waals surface area contributed by atoms with E-state index in [1.165, 1.54) is 0 Å². The van der Waals surface area contributed by atoms with Crippen LogP contribution in [0.5, 0.6) is 0 Å². The van der Waals surface area contributed by atoms with Crippen molar-refractivity contribution in [1.29, 1.82) is 0 Å². The van der Waals surface area contributed by atoms with Gasteiger partial charge in [0.15, 0.2) is 0 Å². The van der Waals surface area contributed by atoms with Crippen LogP contribution in [0, 0.1) is 0 Å². The van der Waals surface area contributed by atoms with Crippen LogP contribution < -0.4 is 10.6 Å². The second-order valence-corrected chi connectivity index (χ2v) is 6.13. The van der Waals surface area contributed by atoms with Gasteiger partial charge in [-0.2, -0.15) is 0 Å². The lowest BCUT2D eigenvalue weighted by Gasteiger charge is -2.39. The smallest absolute Gasteiger partial charge is 0.242 e. The molecule has 1 unspecified atom stereocenters. The molecule has 2 heterocycles. The average molecular weight is 308 g/mol. The monoisotopic (exact) mass is 308 g/mol. The fourth-order valence-corrected chi connectivity index (χ4v) is 3.30. The Kier molecular flexibility index (Phi) is 5.97. The highest BCUT2D eigenvalue weighted by molar-refractivity contribution is 5.87. The highest BCUT2D eigenvalue weighted by Crippen LogP contribution is 2.26. The van der Waals surface area contributed by atoms with Gasteiger partial charge in [0.05, 0.1) is 12.1 Å². The summed E-state index contributed by atoms with van der Waals surface area (Å²) in [5, 5.41) is 6.19. The number of nitrogens with one attached hydrogen (secondary N) is 2. The van der Waals surface area contributed by atoms with Crippen LogP contribution in [0.15, 0.2) is 12.7 Å². The maximum atomic E-state index is 12.8. The van der Waals surface area contributed by atoms with Crippen molar-refractivity contribution >= 4 is 11.8 Å². The second kappa shape index (κ2) is 7.74. The van der Waals surface area contributed by atoms with Crippen LogP contribution in [0.4, 0.5) is 0 Å². The molecule has 0 aromatic heterocycles. The Bertz CT molecular complexity index is 410. The number of nitrogens with zero attached hydrogens (tertiary/aromatic N) is 2. The SMILES string of the molecule is C=CCNC(=O)CN1CCN(C(=O)C2(CC)CCCN2)CC1. The van der Waals surface area contributed by atoms with Crippen molar-refractivity contribution in [1.82, 2.24) is 20.4 Å². The summed E-state index contributed by atoms with van der Waals surface area (Å²) in [7, 11) is 0. The summed E-state index contributed by atoms with van der Waals surface area (Å²) in [6.07, 6.45) is 4.53. The van der Waals surface area contributed by atoms with Gasteiger partial charge in [-0.25, -0.2) is 0 Å². The topological polar surface area (TPSA) is 64.7 Å². The molecular formula is C16H28N4O2. The van der Waals surface area contributed by atoms with E-state index < -0.39 is 0 Å². The lowest BCUT2D eigenvalue weighted by atomic mass is 9.92. The number of hydrogen-bond acceptors (Lipinski definition) is 4. The van der Waals surface area contributed by atoms with E-state index >= 15 is 0 Å². The lowest BCUT2D eigenvalue weighted by Crippen LogP contribution is -2.59. The van der Waals surface area contributed by atoms with Crippen LogP contribution in [-0.4, -0.2) is 73.0 Å². The van der Waals surface area contributed by atoms with Crippen molar-refractivity contribution < 1.29 is 9.59 Å². The summed E-state index contributed by atoms with van der Waals surface area (Å²) in [6.45, 7) is 10.4. The van der Waals surface area contributed by atoms with Crippen LogP contribution in [0.3, 0.4) is 0 Å². The van der Waals surface area contributed by atoms with Gasteiger partial charge in [0.2, 0.25) is 11.8 Å². The fourth-order valence-electron chi connectivity index (χ4n) is 3.30. The molecule has 0 saturated carbocycles. The molecule has 124 valence electrons. The van der Waals surface area contributed by atoms with Crippen molar-refractivity contribution in [3.05, 3.63) is 12.7 Å². The van der Waals surface area contributed by atoms with Gasteiger partial charge < -0.3 is 15.5 Å². The molecule has 6 nitrogen and oxygen atoms in total. The van der Waals surface area contributed by atoms with Crippen molar-refractivity contribution in [2.45, 2.75) is 31.7 Å². The Morgan fingerprint density at radius 1 is 1.32 bits per heavy atom. The zero-order chi connectivity index (χ0) is 16.0. The van der Waals surface area contributed by atoms with E-state index in [1.54, 1.807) is 6.08 Å². The van der Waals surface area contributed by atoms with E-state index in [1.807, 2.05) is 4.90 Å². The molecule has 1 atom stereocenters. The third-order valence-electron chi connectivity index (χ3n) is 4.73. The average Bonchev–Trinajstić information content (AvgIpc) is 3.03. The number of amides is 2. The summed E-state index contributed by atoms with van der Waals surface area (Å²) >= 11 is 0. The number of piperazine rings is 1. The molecule has 22 heavy (non-hydrogen) atoms. The van der Waals surface area contributed by atoms with Gasteiger partial charge in [0.1, 0.15) is 0 Å². The first-order valence-corrected chi connectivity index (χ1v) is 8.25. The maximum absolute atomic E-state index is 12.8. The van der Waals surface area contributed by atoms with Gasteiger partial charge in [0.25, 0.3) is 0 Å². The van der Waals surface area contributed by atoms with Gasteiger partial charge in [-0.15, -0.1) is 6.58 Å². The van der Waals surface area contributed by atoms with Crippen molar-refractivity contribution in [3.63, 3.8) is 0 Å². The van der Waals surface area contributed by atoms with Crippen LogP contribution >= 0.6 is 0 Å². The van der Waals surface area contributed by atoms with Crippen molar-refractivity contribution in [2.24, 2.45) is 0 Å². The summed E-state index contributed by atoms with van der Waals surface area (Å²) < 4.78 is 0. The third-order valence-corrected chi connectivity index (χ3v) is 4.73. The molecule has 2 amide bonds. The van der Waals surface area contributed by atoms with Crippen LogP contribution in [0.1, 0.15) is 26.2 Å². The highest BCUT2D eigenvalue weighted by Gasteiger charge is 2.42. The molecule has 0 radical (unpaired) electrons. The van der Waals surface area contributed by atoms with Crippen molar-refractivity contribution in [2.75, 3.05) is 45.8 Å². The standard InChI is InChI=1S/C16H28N4O2/c1-3-7-17-14(21)13-19-9-11-20(12-10-19)15(22)16(4-2)6-5-8-18-16/h3,18H,1,4-13H2,2H3,(H,17,21). The molecule has 2 N–H and O–H groups in total. The predicted molar refractivity (Wildman–Crippen MR) is 86.5 cm³/mol. The molecule has 2 saturated heterocycles. The molecule has 2 aliphatic rings. The summed E-state index contributed by atoms with van der Waals surface area (Å²) in [5.74, 6) is 0.255. The van der Waals surface area contributed by atoms with E-state index in [0.29, 0.717) is 26.2 Å². The minimum absolute atomic E-state index is 0.0159. The van der Waals surface area contributed by atoms with E-state index in [0.717, 1.165) is 38.9 Å².